The molecule has 0 fully saturated rings. The Morgan fingerprint density at radius 2 is 2.07 bits per heavy atom. The third-order valence-electron chi connectivity index (χ3n) is 4.31. The number of nitrogens with one attached hydrogen (secondary N) is 1. The Hall–Kier alpha value is -1.77. The van der Waals surface area contributed by atoms with Crippen LogP contribution in [0.5, 0.6) is 0 Å². The van der Waals surface area contributed by atoms with E-state index in [2.05, 4.69) is 10.4 Å². The summed E-state index contributed by atoms with van der Waals surface area (Å²) in [6.45, 7) is 0.869. The van der Waals surface area contributed by atoms with E-state index in [0.717, 1.165) is 29.8 Å². The molecule has 1 aromatic carbocycles. The molecule has 1 heterocycles. The molecule has 1 amide bonds. The van der Waals surface area contributed by atoms with Gasteiger partial charge in [-0.15, -0.1) is 12.4 Å². The van der Waals surface area contributed by atoms with Crippen LogP contribution in [0.4, 0.5) is 13.2 Å². The molecule has 1 aliphatic carbocycles. The Morgan fingerprint density at radius 1 is 1.33 bits per heavy atom. The molecule has 2 aromatic rings. The van der Waals surface area contributed by atoms with Gasteiger partial charge in [0.1, 0.15) is 0 Å². The number of aromatic nitrogens is 2. The number of halogens is 5. The second-order valence-corrected chi connectivity index (χ2v) is 6.51. The molecule has 1 aliphatic rings. The fourth-order valence-electron chi connectivity index (χ4n) is 3.06. The number of hydrogen-bond donors (Lipinski definition) is 2. The first-order valence-corrected chi connectivity index (χ1v) is 8.67. The molecule has 0 aliphatic heterocycles. The van der Waals surface area contributed by atoms with E-state index < -0.39 is 11.7 Å². The molecule has 1 aromatic heterocycles. The second kappa shape index (κ2) is 8.50. The van der Waals surface area contributed by atoms with E-state index in [1.807, 2.05) is 0 Å². The molecule has 0 spiro atoms. The summed E-state index contributed by atoms with van der Waals surface area (Å²) in [5.74, 6) is -0.349. The van der Waals surface area contributed by atoms with Crippen LogP contribution in [-0.2, 0) is 19.0 Å². The van der Waals surface area contributed by atoms with E-state index >= 15 is 0 Å². The van der Waals surface area contributed by atoms with E-state index in [1.165, 1.54) is 10.7 Å². The van der Waals surface area contributed by atoms with Gasteiger partial charge >= 0.3 is 6.18 Å². The highest BCUT2D eigenvalue weighted by atomic mass is 35.5. The molecule has 3 rings (SSSR count). The first kappa shape index (κ1) is 21.5. The molecular weight excluding hydrogens is 404 g/mol. The molecular formula is C17H19Cl2F3N4O. The van der Waals surface area contributed by atoms with Gasteiger partial charge in [-0.2, -0.15) is 18.3 Å². The molecule has 0 unspecified atom stereocenters. The topological polar surface area (TPSA) is 72.9 Å². The van der Waals surface area contributed by atoms with Crippen molar-refractivity contribution in [3.63, 3.8) is 0 Å². The molecule has 3 N–H and O–H groups in total. The Kier molecular flexibility index (Phi) is 6.77. The summed E-state index contributed by atoms with van der Waals surface area (Å²) < 4.78 is 40.5. The van der Waals surface area contributed by atoms with Gasteiger partial charge in [0, 0.05) is 17.8 Å². The van der Waals surface area contributed by atoms with Crippen LogP contribution in [0, 0.1) is 0 Å². The lowest BCUT2D eigenvalue weighted by Gasteiger charge is -2.12. The summed E-state index contributed by atoms with van der Waals surface area (Å²) in [6, 6.07) is 3.09. The fourth-order valence-corrected chi connectivity index (χ4v) is 3.26. The zero-order valence-electron chi connectivity index (χ0n) is 14.3. The Bertz CT molecular complexity index is 836. The van der Waals surface area contributed by atoms with Crippen molar-refractivity contribution < 1.29 is 18.0 Å². The maximum atomic E-state index is 13.0. The van der Waals surface area contributed by atoms with Crippen molar-refractivity contribution in [3.05, 3.63) is 45.7 Å². The lowest BCUT2D eigenvalue weighted by atomic mass is 10.1. The Labute approximate surface area is 165 Å². The summed E-state index contributed by atoms with van der Waals surface area (Å²) in [6.07, 6.45) is -1.75. The van der Waals surface area contributed by atoms with Crippen LogP contribution >= 0.6 is 24.0 Å². The SMILES string of the molecule is Cl.NCCCNC(=O)c1nn(-c2cc(C(F)(F)F)ccc2Cl)c2c1CCC2. The number of carbonyl (C=O) groups is 1. The summed E-state index contributed by atoms with van der Waals surface area (Å²) in [5.41, 5.74) is 6.46. The number of nitrogens with zero attached hydrogens (tertiary/aromatic N) is 2. The number of rotatable bonds is 5. The van der Waals surface area contributed by atoms with Crippen molar-refractivity contribution in [3.8, 4) is 5.69 Å². The molecule has 148 valence electrons. The standard InChI is InChI=1S/C17H18ClF3N4O.ClH/c18-12-6-5-10(17(19,20)21)9-14(12)25-13-4-1-3-11(13)15(24-25)16(26)23-8-2-7-22;/h5-6,9H,1-4,7-8,22H2,(H,23,26);1H. The molecule has 0 saturated carbocycles. The highest BCUT2D eigenvalue weighted by Crippen LogP contribution is 2.35. The monoisotopic (exact) mass is 422 g/mol. The minimum Gasteiger partial charge on any atom is -0.351 e. The van der Waals surface area contributed by atoms with Crippen LogP contribution in [-0.4, -0.2) is 28.8 Å². The van der Waals surface area contributed by atoms with Crippen molar-refractivity contribution in [1.29, 1.82) is 0 Å². The Morgan fingerprint density at radius 3 is 2.74 bits per heavy atom. The smallest absolute Gasteiger partial charge is 0.351 e. The number of benzene rings is 1. The summed E-state index contributed by atoms with van der Waals surface area (Å²) in [7, 11) is 0. The summed E-state index contributed by atoms with van der Waals surface area (Å²) >= 11 is 6.13. The normalized spacial score (nSPS) is 13.2. The van der Waals surface area contributed by atoms with E-state index in [9.17, 15) is 18.0 Å². The van der Waals surface area contributed by atoms with Crippen LogP contribution in [0.15, 0.2) is 18.2 Å². The lowest BCUT2D eigenvalue weighted by Crippen LogP contribution is -2.27. The van der Waals surface area contributed by atoms with Gasteiger partial charge in [-0.1, -0.05) is 11.6 Å². The fraction of sp³-hybridized carbons (Fsp3) is 0.412. The first-order valence-electron chi connectivity index (χ1n) is 8.29. The molecule has 0 radical (unpaired) electrons. The molecule has 5 nitrogen and oxygen atoms in total. The molecule has 0 saturated heterocycles. The number of alkyl halides is 3. The van der Waals surface area contributed by atoms with Crippen LogP contribution in [0.1, 0.15) is 40.2 Å². The van der Waals surface area contributed by atoms with E-state index in [-0.39, 0.29) is 34.7 Å². The maximum absolute atomic E-state index is 13.0. The zero-order chi connectivity index (χ0) is 18.9. The molecule has 27 heavy (non-hydrogen) atoms. The quantitative estimate of drug-likeness (QED) is 0.723. The van der Waals surface area contributed by atoms with E-state index in [0.29, 0.717) is 32.4 Å². The summed E-state index contributed by atoms with van der Waals surface area (Å²) in [4.78, 5) is 12.4. The van der Waals surface area contributed by atoms with Gasteiger partial charge < -0.3 is 11.1 Å². The minimum atomic E-state index is -4.49. The highest BCUT2D eigenvalue weighted by molar-refractivity contribution is 6.32. The second-order valence-electron chi connectivity index (χ2n) is 6.10. The van der Waals surface area contributed by atoms with Gasteiger partial charge in [0.2, 0.25) is 0 Å². The number of hydrogen-bond acceptors (Lipinski definition) is 3. The average Bonchev–Trinajstić information content (AvgIpc) is 3.17. The average molecular weight is 423 g/mol. The zero-order valence-corrected chi connectivity index (χ0v) is 15.8. The highest BCUT2D eigenvalue weighted by Gasteiger charge is 2.32. The van der Waals surface area contributed by atoms with Crippen LogP contribution in [0.3, 0.4) is 0 Å². The largest absolute Gasteiger partial charge is 0.416 e. The van der Waals surface area contributed by atoms with Gasteiger partial charge in [-0.25, -0.2) is 4.68 Å². The van der Waals surface area contributed by atoms with Gasteiger partial charge in [-0.05, 0) is 50.4 Å². The molecule has 0 atom stereocenters. The van der Waals surface area contributed by atoms with Crippen LogP contribution in [0.25, 0.3) is 5.69 Å². The van der Waals surface area contributed by atoms with Gasteiger partial charge in [0.05, 0.1) is 16.3 Å². The predicted octanol–water partition coefficient (Wildman–Crippen LogP) is 3.53. The van der Waals surface area contributed by atoms with Crippen molar-refractivity contribution >= 4 is 29.9 Å². The minimum absolute atomic E-state index is 0. The van der Waals surface area contributed by atoms with Crippen molar-refractivity contribution in [2.24, 2.45) is 5.73 Å². The molecule has 10 heteroatoms. The van der Waals surface area contributed by atoms with Gasteiger partial charge in [0.25, 0.3) is 5.91 Å². The van der Waals surface area contributed by atoms with Crippen molar-refractivity contribution in [1.82, 2.24) is 15.1 Å². The third-order valence-corrected chi connectivity index (χ3v) is 4.63. The summed E-state index contributed by atoms with van der Waals surface area (Å²) in [5, 5.41) is 7.17. The van der Waals surface area contributed by atoms with Crippen molar-refractivity contribution in [2.75, 3.05) is 13.1 Å². The van der Waals surface area contributed by atoms with Crippen LogP contribution in [0.2, 0.25) is 5.02 Å². The number of nitrogens with two attached hydrogens (primary N) is 1. The third kappa shape index (κ3) is 4.39. The maximum Gasteiger partial charge on any atom is 0.416 e. The molecule has 0 bridgehead atoms. The van der Waals surface area contributed by atoms with Crippen LogP contribution < -0.4 is 11.1 Å². The lowest BCUT2D eigenvalue weighted by molar-refractivity contribution is -0.137. The van der Waals surface area contributed by atoms with Crippen molar-refractivity contribution in [2.45, 2.75) is 31.9 Å². The van der Waals surface area contributed by atoms with Gasteiger partial charge in [-0.3, -0.25) is 4.79 Å². The number of carbonyl (C=O) groups excluding carboxylic acids is 1. The van der Waals surface area contributed by atoms with E-state index in [1.54, 1.807) is 0 Å². The number of fused-ring (bicyclic) bond motifs is 1. The van der Waals surface area contributed by atoms with Gasteiger partial charge in [0.15, 0.2) is 5.69 Å². The van der Waals surface area contributed by atoms with E-state index in [4.69, 9.17) is 17.3 Å². The first-order chi connectivity index (χ1) is 12.3. The predicted molar refractivity (Wildman–Crippen MR) is 98.9 cm³/mol. The Balaban J connectivity index is 0.00000261. The number of amides is 1.